The van der Waals surface area contributed by atoms with Gasteiger partial charge in [-0.1, -0.05) is 74.9 Å². The molecule has 6 N–H and O–H groups in total. The van der Waals surface area contributed by atoms with E-state index in [4.69, 9.17) is 5.73 Å². The van der Waals surface area contributed by atoms with Crippen LogP contribution in [0.15, 0.2) is 83.8 Å². The summed E-state index contributed by atoms with van der Waals surface area (Å²) in [6.07, 6.45) is 0.304. The van der Waals surface area contributed by atoms with Crippen molar-refractivity contribution in [1.82, 2.24) is 14.9 Å². The highest BCUT2D eigenvalue weighted by Crippen LogP contribution is 2.25. The quantitative estimate of drug-likeness (QED) is 0.120. The van der Waals surface area contributed by atoms with E-state index in [2.05, 4.69) is 10.6 Å². The van der Waals surface area contributed by atoms with Gasteiger partial charge in [0.2, 0.25) is 15.9 Å². The minimum absolute atomic E-state index is 0.0302. The Balaban J connectivity index is 1.61. The average Bonchev–Trinajstić information content (AvgIpc) is 2.98. The molecule has 10 nitrogen and oxygen atoms in total. The van der Waals surface area contributed by atoms with E-state index in [0.29, 0.717) is 24.9 Å². The summed E-state index contributed by atoms with van der Waals surface area (Å²) in [6.45, 7) is 3.98. The molecule has 0 radical (unpaired) electrons. The first-order valence-corrected chi connectivity index (χ1v) is 15.9. The summed E-state index contributed by atoms with van der Waals surface area (Å²) in [6, 6.07) is 21.6. The van der Waals surface area contributed by atoms with Gasteiger partial charge in [0.05, 0.1) is 11.5 Å². The number of carbonyl (C=O) groups excluding carboxylic acids is 1. The van der Waals surface area contributed by atoms with Crippen molar-refractivity contribution in [2.75, 3.05) is 25.4 Å². The third kappa shape index (κ3) is 9.81. The number of rotatable bonds is 16. The summed E-state index contributed by atoms with van der Waals surface area (Å²) in [5, 5.41) is 24.7. The number of nitrogens with zero attached hydrogens (tertiary/aromatic N) is 1. The first-order valence-electron chi connectivity index (χ1n) is 14.4. The van der Waals surface area contributed by atoms with Gasteiger partial charge in [0.25, 0.3) is 0 Å². The Morgan fingerprint density at radius 1 is 0.930 bits per heavy atom. The number of benzene rings is 3. The zero-order chi connectivity index (χ0) is 31.4. The highest BCUT2D eigenvalue weighted by atomic mass is 32.2. The summed E-state index contributed by atoms with van der Waals surface area (Å²) in [5.41, 5.74) is 8.91. The SMILES string of the molecule is CC(C)CN(C(CO)CCCCNC(=O)C(Cc1ccccc1-c1ccccc1)NC(=O)O)S(=O)(=O)c1ccc(N)cc1. The molecule has 0 aliphatic heterocycles. The second-order valence-electron chi connectivity index (χ2n) is 10.9. The predicted molar refractivity (Wildman–Crippen MR) is 168 cm³/mol. The van der Waals surface area contributed by atoms with Crippen LogP contribution in [-0.4, -0.2) is 66.7 Å². The van der Waals surface area contributed by atoms with E-state index in [1.807, 2.05) is 68.4 Å². The number of hydrogen-bond acceptors (Lipinski definition) is 6. The maximum Gasteiger partial charge on any atom is 0.405 e. The van der Waals surface area contributed by atoms with Gasteiger partial charge in [-0.15, -0.1) is 0 Å². The highest BCUT2D eigenvalue weighted by Gasteiger charge is 2.31. The second-order valence-corrected chi connectivity index (χ2v) is 12.8. The Kier molecular flexibility index (Phi) is 12.5. The fourth-order valence-corrected chi connectivity index (χ4v) is 6.73. The van der Waals surface area contributed by atoms with Gasteiger partial charge in [-0.05, 0) is 59.7 Å². The molecule has 0 aromatic heterocycles. The molecular formula is C32H42N4O6S. The molecule has 0 heterocycles. The normalized spacial score (nSPS) is 13.0. The molecule has 3 rings (SSSR count). The minimum Gasteiger partial charge on any atom is -0.465 e. The number of aliphatic hydroxyl groups is 1. The van der Waals surface area contributed by atoms with Crippen LogP contribution in [0.1, 0.15) is 38.7 Å². The van der Waals surface area contributed by atoms with Gasteiger partial charge in [0.1, 0.15) is 6.04 Å². The van der Waals surface area contributed by atoms with Crippen molar-refractivity contribution >= 4 is 27.7 Å². The molecule has 2 amide bonds. The standard InChI is InChI=1S/C32H42N4O6S/c1-23(2)21-36(43(41,42)28-17-15-26(33)16-18-28)27(22-37)13-8-9-19-34-31(38)30(35-32(39)40)20-25-12-6-7-14-29(25)24-10-4-3-5-11-24/h3-7,10-12,14-18,23,27,30,35,37H,8-9,13,19-22,33H2,1-2H3,(H,34,38)(H,39,40). The number of nitrogens with two attached hydrogens (primary N) is 1. The van der Waals surface area contributed by atoms with Crippen molar-refractivity contribution in [2.45, 2.75) is 56.5 Å². The third-order valence-corrected chi connectivity index (χ3v) is 8.99. The van der Waals surface area contributed by atoms with Crippen molar-refractivity contribution in [3.8, 4) is 11.1 Å². The van der Waals surface area contributed by atoms with Crippen molar-refractivity contribution in [1.29, 1.82) is 0 Å². The van der Waals surface area contributed by atoms with E-state index in [9.17, 15) is 28.2 Å². The first-order chi connectivity index (χ1) is 20.5. The molecule has 0 saturated carbocycles. The summed E-state index contributed by atoms with van der Waals surface area (Å²) in [4.78, 5) is 24.7. The van der Waals surface area contributed by atoms with Crippen molar-refractivity contribution in [3.05, 3.63) is 84.4 Å². The van der Waals surface area contributed by atoms with Crippen molar-refractivity contribution < 1.29 is 28.2 Å². The number of nitrogen functional groups attached to an aromatic ring is 1. The fraction of sp³-hybridized carbons (Fsp3) is 0.375. The molecule has 3 aromatic carbocycles. The lowest BCUT2D eigenvalue weighted by Crippen LogP contribution is -2.48. The third-order valence-electron chi connectivity index (χ3n) is 7.05. The predicted octanol–water partition coefficient (Wildman–Crippen LogP) is 4.11. The molecule has 0 bridgehead atoms. The van der Waals surface area contributed by atoms with E-state index in [0.717, 1.165) is 16.7 Å². The van der Waals surface area contributed by atoms with Crippen LogP contribution in [0.4, 0.5) is 10.5 Å². The second kappa shape index (κ2) is 16.1. The molecule has 0 aliphatic rings. The molecule has 2 atom stereocenters. The smallest absolute Gasteiger partial charge is 0.405 e. The van der Waals surface area contributed by atoms with E-state index in [1.54, 1.807) is 0 Å². The largest absolute Gasteiger partial charge is 0.465 e. The molecule has 11 heteroatoms. The molecule has 2 unspecified atom stereocenters. The average molecular weight is 611 g/mol. The lowest BCUT2D eigenvalue weighted by molar-refractivity contribution is -0.123. The monoisotopic (exact) mass is 610 g/mol. The summed E-state index contributed by atoms with van der Waals surface area (Å²) >= 11 is 0. The number of aliphatic hydroxyl groups excluding tert-OH is 1. The van der Waals surface area contributed by atoms with Crippen LogP contribution in [0.25, 0.3) is 11.1 Å². The molecular weight excluding hydrogens is 568 g/mol. The van der Waals surface area contributed by atoms with Gasteiger partial charge >= 0.3 is 6.09 Å². The van der Waals surface area contributed by atoms with E-state index in [-0.39, 0.29) is 36.9 Å². The Bertz CT molecular complexity index is 1430. The molecule has 3 aromatic rings. The fourth-order valence-electron chi connectivity index (χ4n) is 4.92. The first kappa shape index (κ1) is 33.6. The maximum atomic E-state index is 13.4. The van der Waals surface area contributed by atoms with Gasteiger partial charge < -0.3 is 26.6 Å². The zero-order valence-electron chi connectivity index (χ0n) is 24.6. The van der Waals surface area contributed by atoms with Crippen LogP contribution < -0.4 is 16.4 Å². The molecule has 0 spiro atoms. The van der Waals surface area contributed by atoms with Gasteiger partial charge in [0, 0.05) is 31.2 Å². The van der Waals surface area contributed by atoms with E-state index >= 15 is 0 Å². The van der Waals surface area contributed by atoms with Gasteiger partial charge in [-0.2, -0.15) is 4.31 Å². The number of nitrogens with one attached hydrogen (secondary N) is 2. The Morgan fingerprint density at radius 2 is 1.58 bits per heavy atom. The molecule has 43 heavy (non-hydrogen) atoms. The minimum atomic E-state index is -3.87. The number of sulfonamides is 1. The zero-order valence-corrected chi connectivity index (χ0v) is 25.5. The number of unbranched alkanes of at least 4 members (excludes halogenated alkanes) is 1. The van der Waals surface area contributed by atoms with Crippen LogP contribution in [0, 0.1) is 5.92 Å². The summed E-state index contributed by atoms with van der Waals surface area (Å²) in [5.74, 6) is -0.418. The Hall–Kier alpha value is -3.93. The van der Waals surface area contributed by atoms with Gasteiger partial charge in [-0.3, -0.25) is 4.79 Å². The number of carbonyl (C=O) groups is 2. The Labute approximate surface area is 254 Å². The van der Waals surface area contributed by atoms with Gasteiger partial charge in [-0.25, -0.2) is 13.2 Å². The summed E-state index contributed by atoms with van der Waals surface area (Å²) < 4.78 is 28.2. The molecule has 0 fully saturated rings. The van der Waals surface area contributed by atoms with E-state index in [1.165, 1.54) is 28.6 Å². The molecule has 232 valence electrons. The lowest BCUT2D eigenvalue weighted by Gasteiger charge is -2.31. The van der Waals surface area contributed by atoms with Crippen LogP contribution >= 0.6 is 0 Å². The number of hydrogen-bond donors (Lipinski definition) is 5. The van der Waals surface area contributed by atoms with Crippen molar-refractivity contribution in [3.63, 3.8) is 0 Å². The summed E-state index contributed by atoms with van der Waals surface area (Å²) in [7, 11) is -3.87. The number of anilines is 1. The van der Waals surface area contributed by atoms with Crippen LogP contribution in [-0.2, 0) is 21.2 Å². The maximum absolute atomic E-state index is 13.4. The van der Waals surface area contributed by atoms with Gasteiger partial charge in [0.15, 0.2) is 0 Å². The molecule has 0 saturated heterocycles. The number of amides is 2. The topological polar surface area (TPSA) is 162 Å². The highest BCUT2D eigenvalue weighted by molar-refractivity contribution is 7.89. The van der Waals surface area contributed by atoms with Crippen molar-refractivity contribution in [2.24, 2.45) is 5.92 Å². The Morgan fingerprint density at radius 3 is 2.21 bits per heavy atom. The van der Waals surface area contributed by atoms with Crippen LogP contribution in [0.3, 0.4) is 0 Å². The molecule has 0 aliphatic carbocycles. The van der Waals surface area contributed by atoms with Crippen LogP contribution in [0.5, 0.6) is 0 Å². The lowest BCUT2D eigenvalue weighted by atomic mass is 9.95. The number of carboxylic acid groups (broad SMARTS) is 1. The van der Waals surface area contributed by atoms with E-state index < -0.39 is 34.1 Å². The van der Waals surface area contributed by atoms with Crippen LogP contribution in [0.2, 0.25) is 0 Å².